The van der Waals surface area contributed by atoms with E-state index in [0.717, 1.165) is 41.1 Å². The van der Waals surface area contributed by atoms with Gasteiger partial charge >= 0.3 is 6.03 Å². The molecule has 2 amide bonds. The van der Waals surface area contributed by atoms with Gasteiger partial charge in [0.05, 0.1) is 23.0 Å². The lowest BCUT2D eigenvalue weighted by atomic mass is 10.0. The minimum atomic E-state index is -0.680. The van der Waals surface area contributed by atoms with Crippen LogP contribution in [0, 0.1) is 11.6 Å². The van der Waals surface area contributed by atoms with Gasteiger partial charge in [0, 0.05) is 42.2 Å². The number of aromatic nitrogens is 3. The van der Waals surface area contributed by atoms with Gasteiger partial charge in [-0.15, -0.1) is 0 Å². The van der Waals surface area contributed by atoms with Gasteiger partial charge in [0.2, 0.25) is 0 Å². The number of carbonyl (C=O) groups is 1. The number of rotatable bonds is 4. The Hall–Kier alpha value is -3.72. The predicted octanol–water partition coefficient (Wildman–Crippen LogP) is 5.56. The maximum atomic E-state index is 13.8. The van der Waals surface area contributed by atoms with Crippen molar-refractivity contribution in [3.8, 4) is 11.1 Å². The van der Waals surface area contributed by atoms with Crippen LogP contribution in [0.4, 0.5) is 25.1 Å². The van der Waals surface area contributed by atoms with Crippen LogP contribution in [0.3, 0.4) is 0 Å². The zero-order valence-corrected chi connectivity index (χ0v) is 19.5. The Balaban J connectivity index is 1.36. The lowest BCUT2D eigenvalue weighted by molar-refractivity contribution is 0.219. The first-order valence-electron chi connectivity index (χ1n) is 11.2. The van der Waals surface area contributed by atoms with Gasteiger partial charge in [0.15, 0.2) is 0 Å². The summed E-state index contributed by atoms with van der Waals surface area (Å²) in [5.41, 5.74) is 9.56. The maximum Gasteiger partial charge on any atom is 0.324 e. The number of anilines is 2. The molecule has 178 valence electrons. The second-order valence-corrected chi connectivity index (χ2v) is 9.43. The molecule has 1 saturated carbocycles. The predicted molar refractivity (Wildman–Crippen MR) is 130 cm³/mol. The van der Waals surface area contributed by atoms with Crippen LogP contribution in [-0.2, 0) is 0 Å². The molecule has 1 aliphatic carbocycles. The molecule has 0 spiro atoms. The zero-order valence-electron chi connectivity index (χ0n) is 18.8. The zero-order chi connectivity index (χ0) is 24.4. The Kier molecular flexibility index (Phi) is 4.93. The number of hydrogen-bond acceptors (Lipinski definition) is 4. The Morgan fingerprint density at radius 1 is 1.06 bits per heavy atom. The molecule has 4 aromatic rings. The van der Waals surface area contributed by atoms with Crippen molar-refractivity contribution >= 4 is 40.2 Å². The molecule has 2 aromatic heterocycles. The molecule has 3 heterocycles. The normalized spacial score (nSPS) is 18.2. The number of likely N-dealkylation sites (N-methyl/N-ethyl adjacent to an activating group) is 1. The molecule has 1 atom stereocenters. The molecule has 2 fully saturated rings. The van der Waals surface area contributed by atoms with Crippen molar-refractivity contribution in [1.82, 2.24) is 19.4 Å². The first-order valence-corrected chi connectivity index (χ1v) is 11.6. The van der Waals surface area contributed by atoms with Gasteiger partial charge in [-0.1, -0.05) is 17.7 Å². The van der Waals surface area contributed by atoms with Crippen molar-refractivity contribution in [2.24, 2.45) is 0 Å². The standard InChI is InChI=1S/C25H21ClF2N6O/c1-32-21(13-6-14(27)8-15(28)7-13)11-34(25(32)35)17-4-5-18(20(26)9-17)19-10-33(16-2-3-16)24-22(19)23(29)30-12-31-24/h4-10,12,16,21H,2-3,11H2,1H3,(H2,29,30,31). The van der Waals surface area contributed by atoms with E-state index in [9.17, 15) is 13.6 Å². The molecule has 1 saturated heterocycles. The highest BCUT2D eigenvalue weighted by Crippen LogP contribution is 2.44. The van der Waals surface area contributed by atoms with E-state index >= 15 is 0 Å². The quantitative estimate of drug-likeness (QED) is 0.403. The summed E-state index contributed by atoms with van der Waals surface area (Å²) in [4.78, 5) is 24.6. The third-order valence-corrected chi connectivity index (χ3v) is 7.07. The number of carbonyl (C=O) groups excluding carboxylic acids is 1. The summed E-state index contributed by atoms with van der Waals surface area (Å²) in [6.45, 7) is 0.232. The van der Waals surface area contributed by atoms with Crippen LogP contribution in [0.5, 0.6) is 0 Å². The van der Waals surface area contributed by atoms with Crippen molar-refractivity contribution in [2.45, 2.75) is 24.9 Å². The van der Waals surface area contributed by atoms with E-state index in [1.807, 2.05) is 18.3 Å². The maximum absolute atomic E-state index is 13.8. The van der Waals surface area contributed by atoms with Crippen LogP contribution in [0.1, 0.15) is 30.5 Å². The van der Waals surface area contributed by atoms with Crippen LogP contribution < -0.4 is 10.6 Å². The molecular weight excluding hydrogens is 474 g/mol. The molecule has 0 radical (unpaired) electrons. The average Bonchev–Trinajstić information content (AvgIpc) is 3.52. The van der Waals surface area contributed by atoms with Crippen LogP contribution in [0.25, 0.3) is 22.2 Å². The second-order valence-electron chi connectivity index (χ2n) is 9.03. The number of urea groups is 1. The number of nitrogens with zero attached hydrogens (tertiary/aromatic N) is 5. The SMILES string of the molecule is CN1C(=O)N(c2ccc(-c3cn(C4CC4)c4ncnc(N)c34)c(Cl)c2)CC1c1cc(F)cc(F)c1. The van der Waals surface area contributed by atoms with Crippen LogP contribution >= 0.6 is 11.6 Å². The highest BCUT2D eigenvalue weighted by Gasteiger charge is 2.37. The van der Waals surface area contributed by atoms with Crippen molar-refractivity contribution in [2.75, 3.05) is 24.2 Å². The average molecular weight is 495 g/mol. The number of nitrogen functional groups attached to an aromatic ring is 1. The van der Waals surface area contributed by atoms with E-state index in [-0.39, 0.29) is 12.6 Å². The van der Waals surface area contributed by atoms with E-state index in [4.69, 9.17) is 17.3 Å². The molecule has 2 N–H and O–H groups in total. The molecule has 1 aliphatic heterocycles. The van der Waals surface area contributed by atoms with Gasteiger partial charge in [0.25, 0.3) is 0 Å². The van der Waals surface area contributed by atoms with E-state index in [2.05, 4.69) is 14.5 Å². The fourth-order valence-electron chi connectivity index (χ4n) is 4.84. The molecule has 2 aromatic carbocycles. The lowest BCUT2D eigenvalue weighted by Crippen LogP contribution is -2.29. The van der Waals surface area contributed by atoms with Crippen LogP contribution in [0.15, 0.2) is 48.9 Å². The lowest BCUT2D eigenvalue weighted by Gasteiger charge is -2.18. The van der Waals surface area contributed by atoms with Gasteiger partial charge in [0.1, 0.15) is 29.4 Å². The Labute approximate surface area is 204 Å². The minimum Gasteiger partial charge on any atom is -0.383 e. The molecule has 1 unspecified atom stereocenters. The number of fused-ring (bicyclic) bond motifs is 1. The van der Waals surface area contributed by atoms with Crippen molar-refractivity contribution in [3.05, 3.63) is 71.1 Å². The monoisotopic (exact) mass is 494 g/mol. The van der Waals surface area contributed by atoms with Gasteiger partial charge in [-0.25, -0.2) is 23.5 Å². The summed E-state index contributed by atoms with van der Waals surface area (Å²) in [5, 5.41) is 1.19. The fraction of sp³-hybridized carbons (Fsp3) is 0.240. The number of hydrogen-bond donors (Lipinski definition) is 1. The van der Waals surface area contributed by atoms with E-state index < -0.39 is 17.7 Å². The van der Waals surface area contributed by atoms with Crippen LogP contribution in [0.2, 0.25) is 5.02 Å². The van der Waals surface area contributed by atoms with Crippen molar-refractivity contribution in [1.29, 1.82) is 0 Å². The molecule has 7 nitrogen and oxygen atoms in total. The minimum absolute atomic E-state index is 0.232. The summed E-state index contributed by atoms with van der Waals surface area (Å²) >= 11 is 6.74. The molecule has 10 heteroatoms. The summed E-state index contributed by atoms with van der Waals surface area (Å²) < 4.78 is 29.7. The molecule has 6 rings (SSSR count). The topological polar surface area (TPSA) is 80.3 Å². The molecule has 35 heavy (non-hydrogen) atoms. The van der Waals surface area contributed by atoms with Crippen molar-refractivity contribution < 1.29 is 13.6 Å². The van der Waals surface area contributed by atoms with Gasteiger partial charge < -0.3 is 15.2 Å². The Morgan fingerprint density at radius 2 is 1.80 bits per heavy atom. The highest BCUT2D eigenvalue weighted by molar-refractivity contribution is 6.34. The molecule has 0 bridgehead atoms. The Bertz CT molecular complexity index is 1480. The summed E-state index contributed by atoms with van der Waals surface area (Å²) in [6.07, 6.45) is 5.64. The number of benzene rings is 2. The van der Waals surface area contributed by atoms with Gasteiger partial charge in [-0.05, 0) is 42.7 Å². The van der Waals surface area contributed by atoms with Gasteiger partial charge in [-0.3, -0.25) is 4.90 Å². The third-order valence-electron chi connectivity index (χ3n) is 6.76. The second kappa shape index (κ2) is 7.91. The molecular formula is C25H21ClF2N6O. The largest absolute Gasteiger partial charge is 0.383 e. The fourth-order valence-corrected chi connectivity index (χ4v) is 5.12. The van der Waals surface area contributed by atoms with E-state index in [1.165, 1.54) is 23.4 Å². The Morgan fingerprint density at radius 3 is 2.49 bits per heavy atom. The van der Waals surface area contributed by atoms with Crippen molar-refractivity contribution in [3.63, 3.8) is 0 Å². The summed E-state index contributed by atoms with van der Waals surface area (Å²) in [7, 11) is 1.61. The smallest absolute Gasteiger partial charge is 0.324 e. The molecule has 2 aliphatic rings. The first kappa shape index (κ1) is 21.8. The number of halogens is 3. The highest BCUT2D eigenvalue weighted by atomic mass is 35.5. The van der Waals surface area contributed by atoms with Crippen LogP contribution in [-0.4, -0.2) is 39.1 Å². The number of nitrogens with two attached hydrogens (primary N) is 1. The summed E-state index contributed by atoms with van der Waals surface area (Å²) in [5.74, 6) is -0.980. The first-order chi connectivity index (χ1) is 16.8. The van der Waals surface area contributed by atoms with E-state index in [0.29, 0.717) is 28.1 Å². The third kappa shape index (κ3) is 3.58. The van der Waals surface area contributed by atoms with Gasteiger partial charge in [-0.2, -0.15) is 0 Å². The number of amides is 2. The summed E-state index contributed by atoms with van der Waals surface area (Å²) in [6, 6.07) is 8.29. The van der Waals surface area contributed by atoms with E-state index in [1.54, 1.807) is 18.0 Å².